The van der Waals surface area contributed by atoms with Gasteiger partial charge >= 0.3 is 5.91 Å². The molecule has 1 amide bonds. The van der Waals surface area contributed by atoms with Gasteiger partial charge in [0, 0.05) is 31.1 Å². The van der Waals surface area contributed by atoms with Crippen molar-refractivity contribution in [3.63, 3.8) is 0 Å². The van der Waals surface area contributed by atoms with E-state index < -0.39 is 11.3 Å². The molecule has 2 aromatic rings. The Morgan fingerprint density at radius 2 is 1.97 bits per heavy atom. The lowest BCUT2D eigenvalue weighted by molar-refractivity contribution is -0.866. The van der Waals surface area contributed by atoms with E-state index in [1.807, 2.05) is 24.3 Å². The summed E-state index contributed by atoms with van der Waals surface area (Å²) in [7, 11) is 1.62. The highest BCUT2D eigenvalue weighted by molar-refractivity contribution is 5.99. The molecule has 0 bridgehead atoms. The Morgan fingerprint density at radius 1 is 1.19 bits per heavy atom. The molecule has 1 unspecified atom stereocenters. The van der Waals surface area contributed by atoms with Crippen molar-refractivity contribution in [2.45, 2.75) is 31.6 Å². The van der Waals surface area contributed by atoms with E-state index in [-0.39, 0.29) is 41.1 Å². The fourth-order valence-electron chi connectivity index (χ4n) is 6.31. The van der Waals surface area contributed by atoms with Crippen molar-refractivity contribution in [3.05, 3.63) is 71.0 Å². The van der Waals surface area contributed by atoms with E-state index in [0.717, 1.165) is 19.4 Å². The summed E-state index contributed by atoms with van der Waals surface area (Å²) in [5.41, 5.74) is 0.638. The van der Waals surface area contributed by atoms with Crippen LogP contribution in [0.15, 0.2) is 48.5 Å². The van der Waals surface area contributed by atoms with Crippen molar-refractivity contribution in [3.8, 4) is 0 Å². The third-order valence-corrected chi connectivity index (χ3v) is 8.48. The SMILES string of the molecule is COCC[N+]1(C(=O)[C@H]2CCCNC2)CC[C@](CO)(c2cccc(F)c2C)[C@@H](C(=O)c2ccccc2)C1. The van der Waals surface area contributed by atoms with Crippen molar-refractivity contribution in [2.75, 3.05) is 53.0 Å². The molecule has 0 aromatic heterocycles. The number of carbonyl (C=O) groups is 2. The zero-order valence-corrected chi connectivity index (χ0v) is 21.3. The van der Waals surface area contributed by atoms with Gasteiger partial charge in [-0.25, -0.2) is 9.18 Å². The van der Waals surface area contributed by atoms with Crippen LogP contribution in [0.3, 0.4) is 0 Å². The average Bonchev–Trinajstić information content (AvgIpc) is 2.93. The van der Waals surface area contributed by atoms with Crippen LogP contribution in [-0.4, -0.2) is 74.3 Å². The second kappa shape index (κ2) is 11.3. The number of hydrogen-bond acceptors (Lipinski definition) is 5. The van der Waals surface area contributed by atoms with Crippen molar-refractivity contribution in [1.82, 2.24) is 5.32 Å². The van der Waals surface area contributed by atoms with Crippen molar-refractivity contribution >= 4 is 11.7 Å². The lowest BCUT2D eigenvalue weighted by Gasteiger charge is -2.51. The Hall–Kier alpha value is -2.45. The number of halogens is 1. The van der Waals surface area contributed by atoms with Gasteiger partial charge in [-0.15, -0.1) is 0 Å². The number of benzene rings is 2. The van der Waals surface area contributed by atoms with Gasteiger partial charge in [0.25, 0.3) is 0 Å². The summed E-state index contributed by atoms with van der Waals surface area (Å²) >= 11 is 0. The second-order valence-electron chi connectivity index (χ2n) is 10.4. The number of aliphatic hydroxyl groups is 1. The van der Waals surface area contributed by atoms with E-state index >= 15 is 0 Å². The number of carbonyl (C=O) groups excluding carboxylic acids is 2. The lowest BCUT2D eigenvalue weighted by atomic mass is 9.62. The fraction of sp³-hybridized carbons (Fsp3) is 0.517. The second-order valence-corrected chi connectivity index (χ2v) is 10.4. The number of amides is 1. The highest BCUT2D eigenvalue weighted by Gasteiger charge is 2.57. The molecule has 2 fully saturated rings. The van der Waals surface area contributed by atoms with Crippen molar-refractivity contribution < 1.29 is 28.3 Å². The van der Waals surface area contributed by atoms with Crippen molar-refractivity contribution in [2.24, 2.45) is 11.8 Å². The molecule has 2 aromatic carbocycles. The normalized spacial score (nSPS) is 28.6. The van der Waals surface area contributed by atoms with Crippen LogP contribution in [0.2, 0.25) is 0 Å². The van der Waals surface area contributed by atoms with Crippen LogP contribution in [0, 0.1) is 24.6 Å². The van der Waals surface area contributed by atoms with E-state index in [0.29, 0.717) is 49.4 Å². The number of ether oxygens (including phenoxy) is 1. The average molecular weight is 498 g/mol. The third kappa shape index (κ3) is 4.90. The van der Waals surface area contributed by atoms with Gasteiger partial charge in [-0.3, -0.25) is 9.28 Å². The highest BCUT2D eigenvalue weighted by atomic mass is 19.1. The van der Waals surface area contributed by atoms with Gasteiger partial charge in [-0.1, -0.05) is 42.5 Å². The molecule has 2 aliphatic heterocycles. The number of methoxy groups -OCH3 is 1. The molecule has 2 N–H and O–H groups in total. The Bertz CT molecular complexity index is 1070. The molecule has 7 heteroatoms. The third-order valence-electron chi connectivity index (χ3n) is 8.48. The Kier molecular flexibility index (Phi) is 8.35. The molecule has 0 spiro atoms. The maximum atomic E-state index is 14.7. The van der Waals surface area contributed by atoms with Gasteiger partial charge in [-0.2, -0.15) is 0 Å². The van der Waals surface area contributed by atoms with Crippen molar-refractivity contribution in [1.29, 1.82) is 0 Å². The molecule has 4 rings (SSSR count). The quantitative estimate of drug-likeness (QED) is 0.433. The topological polar surface area (TPSA) is 75.6 Å². The largest absolute Gasteiger partial charge is 0.395 e. The molecule has 2 saturated heterocycles. The van der Waals surface area contributed by atoms with Crippen LogP contribution in [0.1, 0.15) is 40.7 Å². The summed E-state index contributed by atoms with van der Waals surface area (Å²) in [6, 6.07) is 13.9. The summed E-state index contributed by atoms with van der Waals surface area (Å²) in [6.45, 7) is 4.52. The molecular weight excluding hydrogens is 459 g/mol. The Balaban J connectivity index is 1.82. The van der Waals surface area contributed by atoms with Gasteiger partial charge in [0.15, 0.2) is 5.78 Å². The maximum absolute atomic E-state index is 14.7. The molecule has 194 valence electrons. The number of piperidine rings is 2. The summed E-state index contributed by atoms with van der Waals surface area (Å²) in [6.07, 6.45) is 2.16. The van der Waals surface area contributed by atoms with E-state index in [9.17, 15) is 19.1 Å². The number of ketones is 1. The van der Waals surface area contributed by atoms with E-state index in [1.54, 1.807) is 32.2 Å². The first-order valence-electron chi connectivity index (χ1n) is 12.9. The van der Waals surface area contributed by atoms with E-state index in [1.165, 1.54) is 6.07 Å². The van der Waals surface area contributed by atoms with E-state index in [4.69, 9.17) is 4.74 Å². The van der Waals surface area contributed by atoms with Gasteiger partial charge in [0.1, 0.15) is 12.4 Å². The molecule has 0 saturated carbocycles. The minimum atomic E-state index is -0.987. The number of Topliss-reactive ketones (excluding diaryl/α,β-unsaturated/α-hetero) is 1. The van der Waals surface area contributed by atoms with Crippen LogP contribution >= 0.6 is 0 Å². The summed E-state index contributed by atoms with van der Waals surface area (Å²) in [4.78, 5) is 28.2. The predicted molar refractivity (Wildman–Crippen MR) is 136 cm³/mol. The monoisotopic (exact) mass is 497 g/mol. The smallest absolute Gasteiger partial charge is 0.318 e. The molecule has 4 atom stereocenters. The minimum Gasteiger partial charge on any atom is -0.395 e. The molecule has 2 heterocycles. The van der Waals surface area contributed by atoms with Crippen LogP contribution < -0.4 is 5.32 Å². The van der Waals surface area contributed by atoms with Gasteiger partial charge in [-0.05, 0) is 43.5 Å². The number of rotatable bonds is 8. The van der Waals surface area contributed by atoms with Gasteiger partial charge in [0.05, 0.1) is 38.1 Å². The van der Waals surface area contributed by atoms with Gasteiger partial charge < -0.3 is 15.2 Å². The van der Waals surface area contributed by atoms with Crippen LogP contribution in [0.4, 0.5) is 4.39 Å². The molecule has 36 heavy (non-hydrogen) atoms. The molecule has 0 aliphatic carbocycles. The number of likely N-dealkylation sites (tertiary alicyclic amines) is 1. The van der Waals surface area contributed by atoms with Crippen LogP contribution in [0.5, 0.6) is 0 Å². The number of aliphatic hydroxyl groups excluding tert-OH is 1. The standard InChI is InChI=1S/C29H38FN2O4/c1-21-24(11-6-12-26(21)30)29(20-33)13-15-32(16-17-36-2,28(35)23-10-7-14-31-18-23)19-25(29)27(34)22-8-4-3-5-9-22/h3-6,8-9,11-12,23,25,31,33H,7,10,13-20H2,1-2H3/q+1/t23-,25+,29-,32?/m0/s1. The first kappa shape index (κ1) is 26.6. The maximum Gasteiger partial charge on any atom is 0.318 e. The molecule has 2 aliphatic rings. The molecule has 6 nitrogen and oxygen atoms in total. The number of nitrogens with zero attached hydrogens (tertiary/aromatic N) is 1. The summed E-state index contributed by atoms with van der Waals surface area (Å²) < 4.78 is 20.3. The molecular formula is C29H38FN2O4+. The lowest BCUT2D eigenvalue weighted by Crippen LogP contribution is -2.68. The summed E-state index contributed by atoms with van der Waals surface area (Å²) in [5.74, 6) is -1.17. The zero-order valence-electron chi connectivity index (χ0n) is 21.3. The first-order valence-corrected chi connectivity index (χ1v) is 12.9. The van der Waals surface area contributed by atoms with Crippen LogP contribution in [0.25, 0.3) is 0 Å². The zero-order chi connectivity index (χ0) is 25.8. The highest BCUT2D eigenvalue weighted by Crippen LogP contribution is 2.45. The number of hydrogen-bond donors (Lipinski definition) is 2. The Morgan fingerprint density at radius 3 is 2.64 bits per heavy atom. The first-order chi connectivity index (χ1) is 17.4. The Labute approximate surface area is 213 Å². The number of quaternary nitrogens is 1. The number of nitrogens with one attached hydrogen (secondary N) is 1. The minimum absolute atomic E-state index is 0.123. The predicted octanol–water partition coefficient (Wildman–Crippen LogP) is 3.26. The molecule has 0 radical (unpaired) electrons. The fourth-order valence-corrected chi connectivity index (χ4v) is 6.31. The van der Waals surface area contributed by atoms with Gasteiger partial charge in [0.2, 0.25) is 0 Å². The summed E-state index contributed by atoms with van der Waals surface area (Å²) in [5, 5.41) is 14.3. The van der Waals surface area contributed by atoms with E-state index in [2.05, 4.69) is 5.32 Å². The van der Waals surface area contributed by atoms with Crippen LogP contribution in [-0.2, 0) is 14.9 Å².